The second-order valence-electron chi connectivity index (χ2n) is 9.47. The van der Waals surface area contributed by atoms with Gasteiger partial charge in [-0.1, -0.05) is 23.7 Å². The monoisotopic (exact) mass is 509 g/mol. The van der Waals surface area contributed by atoms with Gasteiger partial charge in [0.15, 0.2) is 17.3 Å². The van der Waals surface area contributed by atoms with Gasteiger partial charge in [-0.15, -0.1) is 0 Å². The van der Waals surface area contributed by atoms with Crippen molar-refractivity contribution >= 4 is 23.4 Å². The van der Waals surface area contributed by atoms with Gasteiger partial charge in [0.05, 0.1) is 18.8 Å². The Kier molecular flexibility index (Phi) is 6.43. The number of hydrogen-bond donors (Lipinski definition) is 1. The predicted molar refractivity (Wildman–Crippen MR) is 134 cm³/mol. The van der Waals surface area contributed by atoms with Crippen LogP contribution in [0, 0.1) is 0 Å². The lowest BCUT2D eigenvalue weighted by atomic mass is 9.71. The first kappa shape index (κ1) is 24.3. The fourth-order valence-electron chi connectivity index (χ4n) is 5.16. The second-order valence-corrected chi connectivity index (χ2v) is 9.88. The van der Waals surface area contributed by atoms with Crippen LogP contribution >= 0.6 is 11.6 Å². The molecule has 2 heterocycles. The molecule has 8 heteroatoms. The number of fused-ring (bicyclic) bond motifs is 1. The number of rotatable bonds is 5. The lowest BCUT2D eigenvalue weighted by molar-refractivity contribution is -0.143. The molecule has 36 heavy (non-hydrogen) atoms. The molecule has 0 saturated carbocycles. The van der Waals surface area contributed by atoms with E-state index < -0.39 is 11.9 Å². The molecule has 2 aliphatic heterocycles. The van der Waals surface area contributed by atoms with Crippen LogP contribution in [-0.2, 0) is 14.3 Å². The molecule has 0 fully saturated rings. The Bertz CT molecular complexity index is 1290. The Morgan fingerprint density at radius 1 is 1.11 bits per heavy atom. The van der Waals surface area contributed by atoms with Crippen molar-refractivity contribution in [1.29, 1.82) is 0 Å². The van der Waals surface area contributed by atoms with E-state index in [-0.39, 0.29) is 24.6 Å². The zero-order valence-electron chi connectivity index (χ0n) is 20.6. The average molecular weight is 510 g/mol. The fourth-order valence-corrected chi connectivity index (χ4v) is 5.43. The Hall–Kier alpha value is -3.45. The van der Waals surface area contributed by atoms with E-state index >= 15 is 0 Å². The molecule has 2 atom stereocenters. The summed E-state index contributed by atoms with van der Waals surface area (Å²) in [6, 6.07) is 11.2. The van der Waals surface area contributed by atoms with Gasteiger partial charge < -0.3 is 24.3 Å². The molecule has 0 spiro atoms. The van der Waals surface area contributed by atoms with Gasteiger partial charge in [0.25, 0.3) is 0 Å². The van der Waals surface area contributed by atoms with Gasteiger partial charge >= 0.3 is 5.97 Å². The molecular formula is C28H28ClNO6. The van der Waals surface area contributed by atoms with Crippen LogP contribution in [0.15, 0.2) is 58.9 Å². The topological polar surface area (TPSA) is 83.1 Å². The zero-order valence-corrected chi connectivity index (χ0v) is 21.4. The molecule has 0 saturated heterocycles. The summed E-state index contributed by atoms with van der Waals surface area (Å²) in [6.45, 7) is 5.51. The van der Waals surface area contributed by atoms with Crippen LogP contribution in [-0.4, -0.2) is 31.8 Å². The molecule has 0 bridgehead atoms. The zero-order chi connectivity index (χ0) is 25.6. The number of carbonyl (C=O) groups is 2. The first-order chi connectivity index (χ1) is 17.3. The molecule has 2 aromatic rings. The minimum Gasteiger partial charge on any atom is -0.497 e. The standard InChI is InChI=1S/C28H28ClNO6/c1-14(2)36-28(32)25-15(3)30-21-9-17(16-5-7-18(33-4)8-6-16)10-22(31)27(21)26(25)19-11-23-24(12-20(19)29)35-13-34-23/h5-8,11-12,14,17,26,30H,9-10,13H2,1-4H3. The highest BCUT2D eigenvalue weighted by Gasteiger charge is 2.43. The third-order valence-corrected chi connectivity index (χ3v) is 7.11. The molecule has 0 aromatic heterocycles. The summed E-state index contributed by atoms with van der Waals surface area (Å²) in [6.07, 6.45) is 0.620. The fraction of sp³-hybridized carbons (Fsp3) is 0.357. The molecule has 1 N–H and O–H groups in total. The number of hydrogen-bond acceptors (Lipinski definition) is 7. The number of allylic oxidation sites excluding steroid dienone is 3. The minimum absolute atomic E-state index is 0.000465. The number of methoxy groups -OCH3 is 1. The minimum atomic E-state index is -0.682. The lowest BCUT2D eigenvalue weighted by Gasteiger charge is -2.37. The van der Waals surface area contributed by atoms with Gasteiger partial charge in [-0.2, -0.15) is 0 Å². The quantitative estimate of drug-likeness (QED) is 0.541. The van der Waals surface area contributed by atoms with Crippen molar-refractivity contribution < 1.29 is 28.5 Å². The van der Waals surface area contributed by atoms with Crippen molar-refractivity contribution in [2.75, 3.05) is 13.9 Å². The predicted octanol–water partition coefficient (Wildman–Crippen LogP) is 5.39. The highest BCUT2D eigenvalue weighted by atomic mass is 35.5. The highest BCUT2D eigenvalue weighted by molar-refractivity contribution is 6.32. The summed E-state index contributed by atoms with van der Waals surface area (Å²) >= 11 is 6.72. The Labute approximate surface area is 215 Å². The molecule has 2 aromatic carbocycles. The SMILES string of the molecule is COc1ccc(C2CC(=O)C3=C(C2)NC(C)=C(C(=O)OC(C)C)C3c2cc3c(cc2Cl)OCO3)cc1. The first-order valence-corrected chi connectivity index (χ1v) is 12.3. The van der Waals surface area contributed by atoms with Crippen LogP contribution in [0.2, 0.25) is 5.02 Å². The number of nitrogens with one attached hydrogen (secondary N) is 1. The smallest absolute Gasteiger partial charge is 0.337 e. The van der Waals surface area contributed by atoms with Gasteiger partial charge in [-0.05, 0) is 62.4 Å². The molecular weight excluding hydrogens is 482 g/mol. The van der Waals surface area contributed by atoms with Crippen LogP contribution in [0.3, 0.4) is 0 Å². The maximum absolute atomic E-state index is 13.8. The van der Waals surface area contributed by atoms with Crippen molar-refractivity contribution in [2.45, 2.75) is 51.6 Å². The third-order valence-electron chi connectivity index (χ3n) is 6.78. The number of esters is 1. The molecule has 1 aliphatic carbocycles. The average Bonchev–Trinajstić information content (AvgIpc) is 3.29. The van der Waals surface area contributed by atoms with Crippen molar-refractivity contribution in [3.8, 4) is 17.2 Å². The number of carbonyl (C=O) groups excluding carboxylic acids is 2. The molecule has 0 amide bonds. The number of ketones is 1. The molecule has 0 radical (unpaired) electrons. The maximum Gasteiger partial charge on any atom is 0.337 e. The summed E-state index contributed by atoms with van der Waals surface area (Å²) in [5.74, 6) is 0.632. The second kappa shape index (κ2) is 9.54. The molecule has 188 valence electrons. The summed E-state index contributed by atoms with van der Waals surface area (Å²) < 4.78 is 21.9. The van der Waals surface area contributed by atoms with Gasteiger partial charge in [0.1, 0.15) is 5.75 Å². The van der Waals surface area contributed by atoms with E-state index in [4.69, 9.17) is 30.5 Å². The molecule has 7 nitrogen and oxygen atoms in total. The van der Waals surface area contributed by atoms with Crippen LogP contribution < -0.4 is 19.5 Å². The Balaban J connectivity index is 1.60. The lowest BCUT2D eigenvalue weighted by Crippen LogP contribution is -2.36. The van der Waals surface area contributed by atoms with E-state index in [1.807, 2.05) is 31.2 Å². The summed E-state index contributed by atoms with van der Waals surface area (Å²) in [7, 11) is 1.63. The highest BCUT2D eigenvalue weighted by Crippen LogP contribution is 2.49. The number of dihydropyridines is 1. The molecule has 5 rings (SSSR count). The summed E-state index contributed by atoms with van der Waals surface area (Å²) in [4.78, 5) is 27.1. The van der Waals surface area contributed by atoms with Crippen LogP contribution in [0.1, 0.15) is 56.6 Å². The van der Waals surface area contributed by atoms with E-state index in [9.17, 15) is 9.59 Å². The van der Waals surface area contributed by atoms with Gasteiger partial charge in [-0.3, -0.25) is 4.79 Å². The van der Waals surface area contributed by atoms with E-state index in [0.717, 1.165) is 17.0 Å². The number of ether oxygens (including phenoxy) is 4. The molecule has 2 unspecified atom stereocenters. The van der Waals surface area contributed by atoms with Crippen molar-refractivity contribution in [2.24, 2.45) is 0 Å². The largest absolute Gasteiger partial charge is 0.497 e. The molecule has 3 aliphatic rings. The van der Waals surface area contributed by atoms with Crippen molar-refractivity contribution in [1.82, 2.24) is 5.32 Å². The summed E-state index contributed by atoms with van der Waals surface area (Å²) in [5, 5.41) is 3.75. The van der Waals surface area contributed by atoms with Crippen molar-refractivity contribution in [3.63, 3.8) is 0 Å². The normalized spacial score (nSPS) is 20.9. The van der Waals surface area contributed by atoms with E-state index in [1.54, 1.807) is 33.1 Å². The number of Topliss-reactive ketones (excluding diaryl/α,β-unsaturated/α-hetero) is 1. The van der Waals surface area contributed by atoms with Crippen LogP contribution in [0.25, 0.3) is 0 Å². The maximum atomic E-state index is 13.8. The first-order valence-electron chi connectivity index (χ1n) is 11.9. The van der Waals surface area contributed by atoms with Gasteiger partial charge in [0.2, 0.25) is 6.79 Å². The number of halogens is 1. The summed E-state index contributed by atoms with van der Waals surface area (Å²) in [5.41, 5.74) is 4.02. The van der Waals surface area contributed by atoms with Gasteiger partial charge in [-0.25, -0.2) is 4.79 Å². The Morgan fingerprint density at radius 3 is 2.47 bits per heavy atom. The Morgan fingerprint density at radius 2 is 1.81 bits per heavy atom. The number of benzene rings is 2. The van der Waals surface area contributed by atoms with E-state index in [2.05, 4.69) is 5.32 Å². The van der Waals surface area contributed by atoms with Crippen LogP contribution in [0.4, 0.5) is 0 Å². The third kappa shape index (κ3) is 4.32. The van der Waals surface area contributed by atoms with Crippen LogP contribution in [0.5, 0.6) is 17.2 Å². The van der Waals surface area contributed by atoms with E-state index in [0.29, 0.717) is 51.8 Å². The van der Waals surface area contributed by atoms with E-state index in [1.165, 1.54) is 0 Å². The van der Waals surface area contributed by atoms with Gasteiger partial charge in [0, 0.05) is 40.4 Å². The van der Waals surface area contributed by atoms with Crippen molar-refractivity contribution in [3.05, 3.63) is 75.1 Å².